The third-order valence-electron chi connectivity index (χ3n) is 3.49. The number of rotatable bonds is 2. The Morgan fingerprint density at radius 2 is 2.14 bits per heavy atom. The molecule has 1 atom stereocenters. The van der Waals surface area contributed by atoms with Gasteiger partial charge >= 0.3 is 0 Å². The molecule has 21 heavy (non-hydrogen) atoms. The second-order valence-electron chi connectivity index (χ2n) is 5.01. The van der Waals surface area contributed by atoms with Crippen molar-refractivity contribution in [3.63, 3.8) is 0 Å². The van der Waals surface area contributed by atoms with E-state index in [1.807, 2.05) is 19.1 Å². The molecule has 0 aliphatic carbocycles. The molecule has 0 radical (unpaired) electrons. The largest absolute Gasteiger partial charge is 0.377 e. The Kier molecular flexibility index (Phi) is 3.94. The highest BCUT2D eigenvalue weighted by Crippen LogP contribution is 2.23. The molecule has 0 saturated carbocycles. The number of carbonyl (C=O) groups excluding carboxylic acids is 1. The van der Waals surface area contributed by atoms with E-state index < -0.39 is 0 Å². The zero-order valence-corrected chi connectivity index (χ0v) is 12.3. The molecule has 0 N–H and O–H groups in total. The molecule has 0 bridgehead atoms. The summed E-state index contributed by atoms with van der Waals surface area (Å²) in [7, 11) is 0. The highest BCUT2D eigenvalue weighted by molar-refractivity contribution is 6.30. The predicted molar refractivity (Wildman–Crippen MR) is 78.3 cm³/mol. The summed E-state index contributed by atoms with van der Waals surface area (Å²) in [4.78, 5) is 14.2. The van der Waals surface area contributed by atoms with Crippen molar-refractivity contribution in [3.8, 4) is 11.3 Å². The van der Waals surface area contributed by atoms with Gasteiger partial charge in [-0.3, -0.25) is 4.79 Å². The van der Waals surface area contributed by atoms with Crippen LogP contribution in [0.4, 0.5) is 0 Å². The Balaban J connectivity index is 1.81. The maximum absolute atomic E-state index is 12.4. The predicted octanol–water partition coefficient (Wildman–Crippen LogP) is 2.86. The van der Waals surface area contributed by atoms with Gasteiger partial charge < -0.3 is 14.2 Å². The first-order valence-electron chi connectivity index (χ1n) is 6.76. The number of ether oxygens (including phenoxy) is 1. The highest BCUT2D eigenvalue weighted by Gasteiger charge is 2.27. The molecule has 2 heterocycles. The van der Waals surface area contributed by atoms with Crippen LogP contribution in [0.3, 0.4) is 0 Å². The Hall–Kier alpha value is -1.85. The molecule has 1 unspecified atom stereocenters. The lowest BCUT2D eigenvalue weighted by molar-refractivity contribution is 0.00307. The van der Waals surface area contributed by atoms with E-state index in [0.29, 0.717) is 36.2 Å². The third kappa shape index (κ3) is 2.94. The van der Waals surface area contributed by atoms with E-state index in [0.717, 1.165) is 5.56 Å². The standard InChI is InChI=1S/C15H15ClN2O3/c1-10-9-20-7-6-18(10)15(19)13-8-14(21-17-13)11-2-4-12(16)5-3-11/h2-5,8,10H,6-7,9H2,1H3. The molecule has 3 rings (SSSR count). The van der Waals surface area contributed by atoms with Gasteiger partial charge in [0, 0.05) is 23.2 Å². The number of hydrogen-bond acceptors (Lipinski definition) is 4. The van der Waals surface area contributed by atoms with Crippen molar-refractivity contribution in [1.82, 2.24) is 10.1 Å². The van der Waals surface area contributed by atoms with Gasteiger partial charge in [0.05, 0.1) is 19.3 Å². The highest BCUT2D eigenvalue weighted by atomic mass is 35.5. The summed E-state index contributed by atoms with van der Waals surface area (Å²) in [6.45, 7) is 3.63. The van der Waals surface area contributed by atoms with Gasteiger partial charge in [-0.05, 0) is 31.2 Å². The van der Waals surface area contributed by atoms with Gasteiger partial charge in [-0.15, -0.1) is 0 Å². The Morgan fingerprint density at radius 1 is 1.38 bits per heavy atom. The summed E-state index contributed by atoms with van der Waals surface area (Å²) >= 11 is 5.85. The number of carbonyl (C=O) groups is 1. The lowest BCUT2D eigenvalue weighted by atomic mass is 10.1. The number of aromatic nitrogens is 1. The second kappa shape index (κ2) is 5.87. The van der Waals surface area contributed by atoms with Crippen molar-refractivity contribution < 1.29 is 14.1 Å². The van der Waals surface area contributed by atoms with Crippen LogP contribution in [-0.2, 0) is 4.74 Å². The first-order valence-corrected chi connectivity index (χ1v) is 7.14. The van der Waals surface area contributed by atoms with Crippen LogP contribution in [0.15, 0.2) is 34.9 Å². The molecular weight excluding hydrogens is 292 g/mol. The maximum atomic E-state index is 12.4. The molecule has 1 aliphatic heterocycles. The first kappa shape index (κ1) is 14.1. The van der Waals surface area contributed by atoms with E-state index in [2.05, 4.69) is 5.16 Å². The lowest BCUT2D eigenvalue weighted by Crippen LogP contribution is -2.47. The molecule has 1 aromatic heterocycles. The van der Waals surface area contributed by atoms with Crippen molar-refractivity contribution in [3.05, 3.63) is 41.0 Å². The zero-order valence-electron chi connectivity index (χ0n) is 11.6. The monoisotopic (exact) mass is 306 g/mol. The Labute approximate surface area is 127 Å². The fourth-order valence-electron chi connectivity index (χ4n) is 2.30. The van der Waals surface area contributed by atoms with Gasteiger partial charge in [0.25, 0.3) is 5.91 Å². The number of amides is 1. The molecular formula is C15H15ClN2O3. The van der Waals surface area contributed by atoms with Crippen LogP contribution in [-0.4, -0.2) is 41.8 Å². The number of nitrogens with zero attached hydrogens (tertiary/aromatic N) is 2. The van der Waals surface area contributed by atoms with E-state index in [1.165, 1.54) is 0 Å². The summed E-state index contributed by atoms with van der Waals surface area (Å²) in [6, 6.07) is 8.90. The molecule has 1 aromatic carbocycles. The molecule has 110 valence electrons. The lowest BCUT2D eigenvalue weighted by Gasteiger charge is -2.32. The van der Waals surface area contributed by atoms with Crippen LogP contribution in [0.25, 0.3) is 11.3 Å². The molecule has 2 aromatic rings. The fraction of sp³-hybridized carbons (Fsp3) is 0.333. The van der Waals surface area contributed by atoms with Gasteiger partial charge in [-0.25, -0.2) is 0 Å². The van der Waals surface area contributed by atoms with Crippen molar-refractivity contribution in [2.45, 2.75) is 13.0 Å². The fourth-order valence-corrected chi connectivity index (χ4v) is 2.43. The van der Waals surface area contributed by atoms with Gasteiger partial charge in [0.1, 0.15) is 0 Å². The average molecular weight is 307 g/mol. The molecule has 1 aliphatic rings. The van der Waals surface area contributed by atoms with Gasteiger partial charge in [0.2, 0.25) is 0 Å². The molecule has 0 spiro atoms. The first-order chi connectivity index (χ1) is 10.1. The summed E-state index contributed by atoms with van der Waals surface area (Å²) in [5.41, 5.74) is 1.15. The molecule has 6 heteroatoms. The van der Waals surface area contributed by atoms with Crippen molar-refractivity contribution >= 4 is 17.5 Å². The molecule has 1 amide bonds. The van der Waals surface area contributed by atoms with E-state index in [4.69, 9.17) is 20.9 Å². The minimum absolute atomic E-state index is 0.0435. The Bertz CT molecular complexity index is 639. The smallest absolute Gasteiger partial charge is 0.276 e. The minimum atomic E-state index is -0.130. The van der Waals surface area contributed by atoms with E-state index in [-0.39, 0.29) is 11.9 Å². The van der Waals surface area contributed by atoms with Crippen LogP contribution in [0.1, 0.15) is 17.4 Å². The van der Waals surface area contributed by atoms with Crippen molar-refractivity contribution in [1.29, 1.82) is 0 Å². The van der Waals surface area contributed by atoms with Gasteiger partial charge in [-0.2, -0.15) is 0 Å². The average Bonchev–Trinajstić information content (AvgIpc) is 2.98. The Morgan fingerprint density at radius 3 is 2.86 bits per heavy atom. The third-order valence-corrected chi connectivity index (χ3v) is 3.74. The summed E-state index contributed by atoms with van der Waals surface area (Å²) in [5.74, 6) is 0.422. The summed E-state index contributed by atoms with van der Waals surface area (Å²) < 4.78 is 10.6. The van der Waals surface area contributed by atoms with Crippen LogP contribution in [0.5, 0.6) is 0 Å². The summed E-state index contributed by atoms with van der Waals surface area (Å²) in [6.07, 6.45) is 0. The van der Waals surface area contributed by atoms with Gasteiger partial charge in [-0.1, -0.05) is 16.8 Å². The van der Waals surface area contributed by atoms with Crippen molar-refractivity contribution in [2.24, 2.45) is 0 Å². The topological polar surface area (TPSA) is 55.6 Å². The van der Waals surface area contributed by atoms with Crippen LogP contribution < -0.4 is 0 Å². The quantitative estimate of drug-likeness (QED) is 0.856. The number of benzene rings is 1. The normalized spacial score (nSPS) is 18.8. The van der Waals surface area contributed by atoms with Gasteiger partial charge in [0.15, 0.2) is 11.5 Å². The van der Waals surface area contributed by atoms with E-state index in [9.17, 15) is 4.79 Å². The van der Waals surface area contributed by atoms with E-state index in [1.54, 1.807) is 23.1 Å². The minimum Gasteiger partial charge on any atom is -0.377 e. The van der Waals surface area contributed by atoms with Crippen molar-refractivity contribution in [2.75, 3.05) is 19.8 Å². The van der Waals surface area contributed by atoms with Crippen LogP contribution >= 0.6 is 11.6 Å². The van der Waals surface area contributed by atoms with Crippen LogP contribution in [0, 0.1) is 0 Å². The SMILES string of the molecule is CC1COCCN1C(=O)c1cc(-c2ccc(Cl)cc2)on1. The summed E-state index contributed by atoms with van der Waals surface area (Å²) in [5, 5.41) is 4.53. The molecule has 1 saturated heterocycles. The van der Waals surface area contributed by atoms with E-state index >= 15 is 0 Å². The second-order valence-corrected chi connectivity index (χ2v) is 5.44. The number of hydrogen-bond donors (Lipinski definition) is 0. The number of morpholine rings is 1. The zero-order chi connectivity index (χ0) is 14.8. The number of halogens is 1. The molecule has 5 nitrogen and oxygen atoms in total. The maximum Gasteiger partial charge on any atom is 0.276 e. The molecule has 1 fully saturated rings. The van der Waals surface area contributed by atoms with Crippen LogP contribution in [0.2, 0.25) is 5.02 Å².